The van der Waals surface area contributed by atoms with Gasteiger partial charge in [0.15, 0.2) is 0 Å². The lowest BCUT2D eigenvalue weighted by Crippen LogP contribution is -2.21. The van der Waals surface area contributed by atoms with Crippen LogP contribution in [0, 0.1) is 11.3 Å². The highest BCUT2D eigenvalue weighted by molar-refractivity contribution is 5.48. The molecule has 68 valence electrons. The highest BCUT2D eigenvalue weighted by Gasteiger charge is 2.01. The number of anilines is 1. The summed E-state index contributed by atoms with van der Waals surface area (Å²) < 4.78 is 0. The van der Waals surface area contributed by atoms with Gasteiger partial charge in [-0.3, -0.25) is 0 Å². The third kappa shape index (κ3) is 2.19. The Morgan fingerprint density at radius 1 is 1.46 bits per heavy atom. The van der Waals surface area contributed by atoms with Gasteiger partial charge < -0.3 is 4.90 Å². The molecule has 0 saturated carbocycles. The van der Waals surface area contributed by atoms with Crippen molar-refractivity contribution in [1.29, 1.82) is 5.26 Å². The second-order valence-electron chi connectivity index (χ2n) is 2.68. The molecule has 1 aromatic rings. The first-order valence-electron chi connectivity index (χ1n) is 4.43. The van der Waals surface area contributed by atoms with Crippen LogP contribution in [0.4, 0.5) is 5.69 Å². The Kier molecular flexibility index (Phi) is 3.27. The Hall–Kier alpha value is -1.56. The maximum atomic E-state index is 8.66. The summed E-state index contributed by atoms with van der Waals surface area (Å²) >= 11 is 0. The molecule has 0 unspecified atom stereocenters. The highest BCUT2D eigenvalue weighted by atomic mass is 15.1. The van der Waals surface area contributed by atoms with Crippen LogP contribution in [0.1, 0.15) is 19.5 Å². The van der Waals surface area contributed by atoms with Crippen molar-refractivity contribution in [2.75, 3.05) is 18.0 Å². The Bertz CT molecular complexity index is 310. The fourth-order valence-corrected chi connectivity index (χ4v) is 1.27. The van der Waals surface area contributed by atoms with Crippen LogP contribution < -0.4 is 4.90 Å². The molecule has 1 rings (SSSR count). The van der Waals surface area contributed by atoms with Gasteiger partial charge in [0.05, 0.1) is 0 Å². The van der Waals surface area contributed by atoms with E-state index in [0.717, 1.165) is 18.8 Å². The molecule has 0 fully saturated rings. The van der Waals surface area contributed by atoms with Gasteiger partial charge in [-0.2, -0.15) is 5.26 Å². The average molecular weight is 175 g/mol. The largest absolute Gasteiger partial charge is 0.372 e. The SMILES string of the molecule is CCN(CC)c1ccnc(C#N)c1. The molecule has 0 spiro atoms. The summed E-state index contributed by atoms with van der Waals surface area (Å²) in [6.07, 6.45) is 1.67. The van der Waals surface area contributed by atoms with Gasteiger partial charge in [0.1, 0.15) is 11.8 Å². The fourth-order valence-electron chi connectivity index (χ4n) is 1.27. The molecule has 0 aliphatic heterocycles. The summed E-state index contributed by atoms with van der Waals surface area (Å²) in [6.45, 7) is 6.09. The summed E-state index contributed by atoms with van der Waals surface area (Å²) in [5.74, 6) is 0. The molecular weight excluding hydrogens is 162 g/mol. The van der Waals surface area contributed by atoms with Crippen LogP contribution in [0.5, 0.6) is 0 Å². The number of nitrogens with zero attached hydrogens (tertiary/aromatic N) is 3. The van der Waals surface area contributed by atoms with Gasteiger partial charge in [-0.1, -0.05) is 0 Å². The standard InChI is InChI=1S/C10H13N3/c1-3-13(4-2)10-5-6-12-9(7-10)8-11/h5-7H,3-4H2,1-2H3. The van der Waals surface area contributed by atoms with Crippen LogP contribution in [0.15, 0.2) is 18.3 Å². The van der Waals surface area contributed by atoms with E-state index >= 15 is 0 Å². The Morgan fingerprint density at radius 2 is 2.15 bits per heavy atom. The topological polar surface area (TPSA) is 39.9 Å². The molecule has 0 radical (unpaired) electrons. The van der Waals surface area contributed by atoms with Crippen molar-refractivity contribution in [3.8, 4) is 6.07 Å². The predicted octanol–water partition coefficient (Wildman–Crippen LogP) is 1.80. The van der Waals surface area contributed by atoms with Crippen molar-refractivity contribution in [2.24, 2.45) is 0 Å². The fraction of sp³-hybridized carbons (Fsp3) is 0.400. The molecular formula is C10H13N3. The van der Waals surface area contributed by atoms with E-state index in [0.29, 0.717) is 5.69 Å². The van der Waals surface area contributed by atoms with Crippen LogP contribution in [-0.4, -0.2) is 18.1 Å². The summed E-state index contributed by atoms with van der Waals surface area (Å²) in [5.41, 5.74) is 1.54. The van der Waals surface area contributed by atoms with Crippen LogP contribution in [0.25, 0.3) is 0 Å². The number of pyridine rings is 1. The average Bonchev–Trinajstić information content (AvgIpc) is 2.20. The second-order valence-corrected chi connectivity index (χ2v) is 2.68. The first-order chi connectivity index (χ1) is 6.31. The molecule has 0 aromatic carbocycles. The molecule has 1 aromatic heterocycles. The van der Waals surface area contributed by atoms with Crippen molar-refractivity contribution in [2.45, 2.75) is 13.8 Å². The second kappa shape index (κ2) is 4.46. The van der Waals surface area contributed by atoms with Gasteiger partial charge in [0, 0.05) is 25.0 Å². The third-order valence-corrected chi connectivity index (χ3v) is 1.99. The van der Waals surface area contributed by atoms with Gasteiger partial charge >= 0.3 is 0 Å². The van der Waals surface area contributed by atoms with Crippen molar-refractivity contribution in [3.05, 3.63) is 24.0 Å². The third-order valence-electron chi connectivity index (χ3n) is 1.99. The molecule has 0 bridgehead atoms. The molecule has 0 aliphatic rings. The number of hydrogen-bond donors (Lipinski definition) is 0. The molecule has 1 heterocycles. The monoisotopic (exact) mass is 175 g/mol. The van der Waals surface area contributed by atoms with E-state index in [1.165, 1.54) is 0 Å². The zero-order chi connectivity index (χ0) is 9.68. The first-order valence-corrected chi connectivity index (χ1v) is 4.43. The molecule has 3 nitrogen and oxygen atoms in total. The zero-order valence-corrected chi connectivity index (χ0v) is 7.99. The number of hydrogen-bond acceptors (Lipinski definition) is 3. The number of rotatable bonds is 3. The normalized spacial score (nSPS) is 9.31. The van der Waals surface area contributed by atoms with E-state index in [-0.39, 0.29) is 0 Å². The van der Waals surface area contributed by atoms with Crippen LogP contribution >= 0.6 is 0 Å². The summed E-state index contributed by atoms with van der Waals surface area (Å²) in [6, 6.07) is 5.77. The van der Waals surface area contributed by atoms with E-state index in [4.69, 9.17) is 5.26 Å². The Morgan fingerprint density at radius 3 is 2.69 bits per heavy atom. The highest BCUT2D eigenvalue weighted by Crippen LogP contribution is 2.13. The summed E-state index contributed by atoms with van der Waals surface area (Å²) in [4.78, 5) is 6.10. The quantitative estimate of drug-likeness (QED) is 0.703. The van der Waals surface area contributed by atoms with E-state index in [9.17, 15) is 0 Å². The lowest BCUT2D eigenvalue weighted by Gasteiger charge is -2.20. The van der Waals surface area contributed by atoms with E-state index in [1.54, 1.807) is 6.20 Å². The van der Waals surface area contributed by atoms with Gasteiger partial charge in [0.2, 0.25) is 0 Å². The predicted molar refractivity (Wildman–Crippen MR) is 52.5 cm³/mol. The smallest absolute Gasteiger partial charge is 0.142 e. The zero-order valence-electron chi connectivity index (χ0n) is 7.99. The molecule has 0 N–H and O–H groups in total. The van der Waals surface area contributed by atoms with E-state index in [1.807, 2.05) is 18.2 Å². The minimum absolute atomic E-state index is 0.476. The Labute approximate surface area is 78.6 Å². The summed E-state index contributed by atoms with van der Waals surface area (Å²) in [5, 5.41) is 8.66. The lowest BCUT2D eigenvalue weighted by molar-refractivity contribution is 0.864. The number of aromatic nitrogens is 1. The van der Waals surface area contributed by atoms with Crippen molar-refractivity contribution in [3.63, 3.8) is 0 Å². The van der Waals surface area contributed by atoms with E-state index in [2.05, 4.69) is 23.7 Å². The van der Waals surface area contributed by atoms with Crippen molar-refractivity contribution in [1.82, 2.24) is 4.98 Å². The lowest BCUT2D eigenvalue weighted by atomic mass is 10.3. The molecule has 0 atom stereocenters. The Balaban J connectivity index is 2.94. The van der Waals surface area contributed by atoms with Gasteiger partial charge in [0.25, 0.3) is 0 Å². The van der Waals surface area contributed by atoms with Gasteiger partial charge in [-0.05, 0) is 26.0 Å². The van der Waals surface area contributed by atoms with Crippen LogP contribution in [0.2, 0.25) is 0 Å². The summed E-state index contributed by atoms with van der Waals surface area (Å²) in [7, 11) is 0. The molecule has 13 heavy (non-hydrogen) atoms. The molecule has 0 aliphatic carbocycles. The van der Waals surface area contributed by atoms with Crippen LogP contribution in [0.3, 0.4) is 0 Å². The van der Waals surface area contributed by atoms with E-state index < -0.39 is 0 Å². The first kappa shape index (κ1) is 9.53. The molecule has 0 amide bonds. The van der Waals surface area contributed by atoms with Gasteiger partial charge in [-0.15, -0.1) is 0 Å². The molecule has 3 heteroatoms. The van der Waals surface area contributed by atoms with Gasteiger partial charge in [-0.25, -0.2) is 4.98 Å². The molecule has 0 saturated heterocycles. The maximum Gasteiger partial charge on any atom is 0.142 e. The minimum atomic E-state index is 0.476. The maximum absolute atomic E-state index is 8.66. The van der Waals surface area contributed by atoms with Crippen LogP contribution in [-0.2, 0) is 0 Å². The van der Waals surface area contributed by atoms with Crippen molar-refractivity contribution >= 4 is 5.69 Å². The number of nitriles is 1. The van der Waals surface area contributed by atoms with Crippen molar-refractivity contribution < 1.29 is 0 Å². The minimum Gasteiger partial charge on any atom is -0.372 e.